The number of nitrogens with one attached hydrogen (secondary N) is 1. The lowest BCUT2D eigenvalue weighted by Gasteiger charge is -2.24. The predicted octanol–water partition coefficient (Wildman–Crippen LogP) is 3.66. The van der Waals surface area contributed by atoms with Crippen LogP contribution in [0.4, 0.5) is 8.78 Å². The molecule has 2 rings (SSSR count). The van der Waals surface area contributed by atoms with Crippen LogP contribution in [-0.4, -0.2) is 13.1 Å². The number of halogens is 2. The third kappa shape index (κ3) is 2.83. The lowest BCUT2D eigenvalue weighted by atomic mass is 9.88. The lowest BCUT2D eigenvalue weighted by molar-refractivity contribution is -0.00838. The van der Waals surface area contributed by atoms with Gasteiger partial charge < -0.3 is 5.32 Å². The minimum Gasteiger partial charge on any atom is -0.317 e. The third-order valence-electron chi connectivity index (χ3n) is 3.56. The van der Waals surface area contributed by atoms with Crippen LogP contribution in [0, 0.1) is 0 Å². The van der Waals surface area contributed by atoms with Crippen LogP contribution in [0.15, 0.2) is 24.3 Å². The maximum atomic E-state index is 13.6. The Hall–Kier alpha value is -0.960. The Morgan fingerprint density at radius 2 is 2.00 bits per heavy atom. The van der Waals surface area contributed by atoms with Crippen molar-refractivity contribution in [3.05, 3.63) is 35.4 Å². The van der Waals surface area contributed by atoms with E-state index in [2.05, 4.69) is 5.32 Å². The maximum absolute atomic E-state index is 13.6. The Morgan fingerprint density at radius 1 is 1.29 bits per heavy atom. The van der Waals surface area contributed by atoms with Gasteiger partial charge in [0.15, 0.2) is 0 Å². The van der Waals surface area contributed by atoms with Crippen molar-refractivity contribution >= 4 is 0 Å². The standard InChI is InChI=1S/C14H19F2N/c1-2-14(15,16)13-5-3-4-12(10-13)11-6-8-17-9-7-11/h3-5,10-11,17H,2,6-9H2,1H3. The summed E-state index contributed by atoms with van der Waals surface area (Å²) in [6.45, 7) is 3.50. The molecule has 1 aliphatic rings. The van der Waals surface area contributed by atoms with Gasteiger partial charge in [0.2, 0.25) is 0 Å². The molecule has 0 aromatic heterocycles. The Kier molecular flexibility index (Phi) is 3.77. The van der Waals surface area contributed by atoms with Gasteiger partial charge in [-0.1, -0.05) is 25.1 Å². The Morgan fingerprint density at radius 3 is 2.65 bits per heavy atom. The summed E-state index contributed by atoms with van der Waals surface area (Å²) in [4.78, 5) is 0. The summed E-state index contributed by atoms with van der Waals surface area (Å²) in [6.07, 6.45) is 1.95. The molecule has 0 amide bonds. The molecule has 0 saturated carbocycles. The van der Waals surface area contributed by atoms with Crippen molar-refractivity contribution in [2.75, 3.05) is 13.1 Å². The van der Waals surface area contributed by atoms with Gasteiger partial charge in [-0.2, -0.15) is 0 Å². The number of rotatable bonds is 3. The molecule has 1 nitrogen and oxygen atoms in total. The van der Waals surface area contributed by atoms with Crippen LogP contribution in [0.1, 0.15) is 43.2 Å². The first-order chi connectivity index (χ1) is 8.13. The molecule has 94 valence electrons. The average Bonchev–Trinajstić information content (AvgIpc) is 2.40. The van der Waals surface area contributed by atoms with Gasteiger partial charge in [-0.3, -0.25) is 0 Å². The molecule has 0 bridgehead atoms. The summed E-state index contributed by atoms with van der Waals surface area (Å²) in [5.41, 5.74) is 1.23. The summed E-state index contributed by atoms with van der Waals surface area (Å²) in [7, 11) is 0. The molecular weight excluding hydrogens is 220 g/mol. The van der Waals surface area contributed by atoms with Gasteiger partial charge in [-0.15, -0.1) is 0 Å². The molecule has 0 radical (unpaired) electrons. The molecule has 0 spiro atoms. The zero-order valence-corrected chi connectivity index (χ0v) is 10.2. The van der Waals surface area contributed by atoms with Crippen molar-refractivity contribution in [3.8, 4) is 0 Å². The molecule has 0 aliphatic carbocycles. The monoisotopic (exact) mass is 239 g/mol. The van der Waals surface area contributed by atoms with E-state index >= 15 is 0 Å². The second-order valence-corrected chi connectivity index (χ2v) is 4.71. The molecule has 1 N–H and O–H groups in total. The van der Waals surface area contributed by atoms with Gasteiger partial charge >= 0.3 is 0 Å². The van der Waals surface area contributed by atoms with Gasteiger partial charge in [-0.05, 0) is 43.5 Å². The van der Waals surface area contributed by atoms with E-state index < -0.39 is 5.92 Å². The van der Waals surface area contributed by atoms with E-state index in [0.717, 1.165) is 31.5 Å². The van der Waals surface area contributed by atoms with E-state index in [4.69, 9.17) is 0 Å². The molecule has 1 fully saturated rings. The molecule has 0 atom stereocenters. The van der Waals surface area contributed by atoms with E-state index in [1.54, 1.807) is 12.1 Å². The number of benzene rings is 1. The normalized spacial score (nSPS) is 18.3. The molecule has 1 aliphatic heterocycles. The van der Waals surface area contributed by atoms with Gasteiger partial charge in [0.05, 0.1) is 0 Å². The molecule has 1 aromatic rings. The van der Waals surface area contributed by atoms with Crippen molar-refractivity contribution in [2.45, 2.75) is 38.0 Å². The van der Waals surface area contributed by atoms with Gasteiger partial charge in [0.25, 0.3) is 5.92 Å². The fourth-order valence-electron chi connectivity index (χ4n) is 2.38. The summed E-state index contributed by atoms with van der Waals surface area (Å²) in [5, 5.41) is 3.29. The minimum absolute atomic E-state index is 0.136. The highest BCUT2D eigenvalue weighted by atomic mass is 19.3. The molecule has 1 aromatic carbocycles. The SMILES string of the molecule is CCC(F)(F)c1cccc(C2CCNCC2)c1. The maximum Gasteiger partial charge on any atom is 0.273 e. The van der Waals surface area contributed by atoms with Crippen molar-refractivity contribution in [2.24, 2.45) is 0 Å². The molecule has 3 heteroatoms. The van der Waals surface area contributed by atoms with Crippen LogP contribution in [0.5, 0.6) is 0 Å². The van der Waals surface area contributed by atoms with Crippen molar-refractivity contribution in [1.82, 2.24) is 5.32 Å². The van der Waals surface area contributed by atoms with E-state index in [0.29, 0.717) is 5.92 Å². The van der Waals surface area contributed by atoms with Crippen molar-refractivity contribution in [1.29, 1.82) is 0 Å². The third-order valence-corrected chi connectivity index (χ3v) is 3.56. The van der Waals surface area contributed by atoms with Crippen LogP contribution in [0.2, 0.25) is 0 Å². The largest absolute Gasteiger partial charge is 0.317 e. The van der Waals surface area contributed by atoms with Crippen LogP contribution in [0.3, 0.4) is 0 Å². The highest BCUT2D eigenvalue weighted by Gasteiger charge is 2.29. The fourth-order valence-corrected chi connectivity index (χ4v) is 2.38. The van der Waals surface area contributed by atoms with Crippen LogP contribution < -0.4 is 5.32 Å². The zero-order chi connectivity index (χ0) is 12.3. The predicted molar refractivity (Wildman–Crippen MR) is 65.5 cm³/mol. The lowest BCUT2D eigenvalue weighted by Crippen LogP contribution is -2.26. The molecule has 1 saturated heterocycles. The second kappa shape index (κ2) is 5.13. The Balaban J connectivity index is 2.21. The smallest absolute Gasteiger partial charge is 0.273 e. The molecule has 17 heavy (non-hydrogen) atoms. The van der Waals surface area contributed by atoms with Gasteiger partial charge in [0.1, 0.15) is 0 Å². The van der Waals surface area contributed by atoms with Crippen molar-refractivity contribution < 1.29 is 8.78 Å². The first kappa shape index (κ1) is 12.5. The molecule has 0 unspecified atom stereocenters. The summed E-state index contributed by atoms with van der Waals surface area (Å²) in [6, 6.07) is 6.97. The Labute approximate surface area is 101 Å². The topological polar surface area (TPSA) is 12.0 Å². The summed E-state index contributed by atoms with van der Waals surface area (Å²) < 4.78 is 27.2. The quantitative estimate of drug-likeness (QED) is 0.849. The number of hydrogen-bond donors (Lipinski definition) is 1. The first-order valence-electron chi connectivity index (χ1n) is 6.32. The van der Waals surface area contributed by atoms with Crippen LogP contribution in [0.25, 0.3) is 0 Å². The van der Waals surface area contributed by atoms with Crippen LogP contribution >= 0.6 is 0 Å². The van der Waals surface area contributed by atoms with E-state index in [1.807, 2.05) is 6.07 Å². The van der Waals surface area contributed by atoms with Crippen molar-refractivity contribution in [3.63, 3.8) is 0 Å². The highest BCUT2D eigenvalue weighted by Crippen LogP contribution is 2.34. The first-order valence-corrected chi connectivity index (χ1v) is 6.32. The minimum atomic E-state index is -2.69. The van der Waals surface area contributed by atoms with Gasteiger partial charge in [0, 0.05) is 12.0 Å². The fraction of sp³-hybridized carbons (Fsp3) is 0.571. The van der Waals surface area contributed by atoms with E-state index in [-0.39, 0.29) is 12.0 Å². The molecular formula is C14H19F2N. The van der Waals surface area contributed by atoms with E-state index in [9.17, 15) is 8.78 Å². The van der Waals surface area contributed by atoms with E-state index in [1.165, 1.54) is 13.0 Å². The average molecular weight is 239 g/mol. The second-order valence-electron chi connectivity index (χ2n) is 4.71. The van der Waals surface area contributed by atoms with Crippen LogP contribution in [-0.2, 0) is 5.92 Å². The zero-order valence-electron chi connectivity index (χ0n) is 10.2. The summed E-state index contributed by atoms with van der Waals surface area (Å²) in [5.74, 6) is -2.26. The van der Waals surface area contributed by atoms with Gasteiger partial charge in [-0.25, -0.2) is 8.78 Å². The molecule has 1 heterocycles. The summed E-state index contributed by atoms with van der Waals surface area (Å²) >= 11 is 0. The Bertz CT molecular complexity index is 370. The number of alkyl halides is 2. The number of hydrogen-bond acceptors (Lipinski definition) is 1. The highest BCUT2D eigenvalue weighted by molar-refractivity contribution is 5.29. The number of piperidine rings is 1.